The summed E-state index contributed by atoms with van der Waals surface area (Å²) in [5.74, 6) is 0.728. The first-order valence-corrected chi connectivity index (χ1v) is 5.42. The molecule has 1 fully saturated rings. The van der Waals surface area contributed by atoms with Crippen LogP contribution in [0.15, 0.2) is 0 Å². The fourth-order valence-electron chi connectivity index (χ4n) is 1.65. The Kier molecular flexibility index (Phi) is 4.45. The average molecular weight is 194 g/mol. The van der Waals surface area contributed by atoms with Crippen molar-refractivity contribution in [3.8, 4) is 6.07 Å². The van der Waals surface area contributed by atoms with E-state index < -0.39 is 0 Å². The summed E-state index contributed by atoms with van der Waals surface area (Å²) in [5.41, 5.74) is 0. The maximum Gasteiger partial charge on any atom is 0.220 e. The number of rotatable bonds is 5. The summed E-state index contributed by atoms with van der Waals surface area (Å²) < 4.78 is 0. The van der Waals surface area contributed by atoms with Crippen LogP contribution in [0, 0.1) is 17.2 Å². The van der Waals surface area contributed by atoms with Crippen LogP contribution in [0.3, 0.4) is 0 Å². The third-order valence-corrected chi connectivity index (χ3v) is 2.89. The minimum atomic E-state index is 0.0487. The first-order valence-electron chi connectivity index (χ1n) is 5.42. The number of nitriles is 1. The van der Waals surface area contributed by atoms with Crippen LogP contribution in [0.2, 0.25) is 0 Å². The number of amides is 1. The minimum Gasteiger partial charge on any atom is -0.352 e. The van der Waals surface area contributed by atoms with E-state index in [1.807, 2.05) is 6.92 Å². The van der Waals surface area contributed by atoms with Crippen LogP contribution in [-0.4, -0.2) is 11.9 Å². The first kappa shape index (κ1) is 11.0. The van der Waals surface area contributed by atoms with Crippen LogP contribution in [0.25, 0.3) is 0 Å². The lowest BCUT2D eigenvalue weighted by atomic mass is 9.83. The largest absolute Gasteiger partial charge is 0.352 e. The molecule has 0 aliphatic heterocycles. The number of nitrogens with zero attached hydrogens (tertiary/aromatic N) is 1. The van der Waals surface area contributed by atoms with Gasteiger partial charge in [0.25, 0.3) is 0 Å². The van der Waals surface area contributed by atoms with Crippen molar-refractivity contribution in [2.45, 2.75) is 51.5 Å². The topological polar surface area (TPSA) is 52.9 Å². The number of hydrogen-bond acceptors (Lipinski definition) is 2. The van der Waals surface area contributed by atoms with E-state index in [0.717, 1.165) is 6.42 Å². The van der Waals surface area contributed by atoms with Gasteiger partial charge in [-0.2, -0.15) is 5.26 Å². The highest BCUT2D eigenvalue weighted by molar-refractivity contribution is 5.76. The van der Waals surface area contributed by atoms with Crippen molar-refractivity contribution in [1.82, 2.24) is 5.32 Å². The number of hydrogen-bond donors (Lipinski definition) is 1. The molecule has 78 valence electrons. The zero-order valence-corrected chi connectivity index (χ0v) is 8.75. The van der Waals surface area contributed by atoms with Crippen molar-refractivity contribution < 1.29 is 4.79 Å². The standard InChI is InChI=1S/C11H18N2O/c1-2-10(6-7-12)13-11(14)8-9-4-3-5-9/h9-10H,2-6,8H2,1H3,(H,13,14). The van der Waals surface area contributed by atoms with E-state index in [1.165, 1.54) is 19.3 Å². The molecule has 0 aromatic heterocycles. The summed E-state index contributed by atoms with van der Waals surface area (Å²) in [4.78, 5) is 11.5. The normalized spacial score (nSPS) is 18.0. The molecule has 0 radical (unpaired) electrons. The van der Waals surface area contributed by atoms with Crippen molar-refractivity contribution in [3.05, 3.63) is 0 Å². The molecule has 1 amide bonds. The Balaban J connectivity index is 2.20. The van der Waals surface area contributed by atoms with Gasteiger partial charge >= 0.3 is 0 Å². The smallest absolute Gasteiger partial charge is 0.220 e. The Labute approximate surface area is 85.5 Å². The van der Waals surface area contributed by atoms with Gasteiger partial charge in [0.2, 0.25) is 5.91 Å². The summed E-state index contributed by atoms with van der Waals surface area (Å²) in [6, 6.07) is 2.14. The van der Waals surface area contributed by atoms with Gasteiger partial charge < -0.3 is 5.32 Å². The Morgan fingerprint density at radius 3 is 2.79 bits per heavy atom. The molecular weight excluding hydrogens is 176 g/mol. The molecule has 0 bridgehead atoms. The third kappa shape index (κ3) is 3.37. The van der Waals surface area contributed by atoms with E-state index in [0.29, 0.717) is 18.8 Å². The molecular formula is C11H18N2O. The number of carbonyl (C=O) groups is 1. The van der Waals surface area contributed by atoms with E-state index in [4.69, 9.17) is 5.26 Å². The quantitative estimate of drug-likeness (QED) is 0.727. The van der Waals surface area contributed by atoms with Gasteiger partial charge in [0.05, 0.1) is 12.5 Å². The third-order valence-electron chi connectivity index (χ3n) is 2.89. The van der Waals surface area contributed by atoms with Crippen LogP contribution >= 0.6 is 0 Å². The van der Waals surface area contributed by atoms with Gasteiger partial charge in [-0.25, -0.2) is 0 Å². The van der Waals surface area contributed by atoms with Crippen molar-refractivity contribution >= 4 is 5.91 Å². The molecule has 1 saturated carbocycles. The van der Waals surface area contributed by atoms with Crippen molar-refractivity contribution in [3.63, 3.8) is 0 Å². The second-order valence-corrected chi connectivity index (χ2v) is 4.04. The first-order chi connectivity index (χ1) is 6.76. The van der Waals surface area contributed by atoms with Crippen LogP contribution in [0.1, 0.15) is 45.4 Å². The van der Waals surface area contributed by atoms with E-state index >= 15 is 0 Å². The van der Waals surface area contributed by atoms with Crippen molar-refractivity contribution in [2.24, 2.45) is 5.92 Å². The van der Waals surface area contributed by atoms with Gasteiger partial charge in [0.1, 0.15) is 0 Å². The van der Waals surface area contributed by atoms with E-state index in [2.05, 4.69) is 11.4 Å². The molecule has 1 aliphatic carbocycles. The summed E-state index contributed by atoms with van der Waals surface area (Å²) in [7, 11) is 0. The van der Waals surface area contributed by atoms with Crippen molar-refractivity contribution in [1.29, 1.82) is 5.26 Å². The minimum absolute atomic E-state index is 0.0487. The van der Waals surface area contributed by atoms with Gasteiger partial charge in [0, 0.05) is 12.5 Å². The van der Waals surface area contributed by atoms with Crippen LogP contribution in [0.4, 0.5) is 0 Å². The molecule has 1 N–H and O–H groups in total. The lowest BCUT2D eigenvalue weighted by Gasteiger charge is -2.25. The molecule has 1 atom stereocenters. The highest BCUT2D eigenvalue weighted by Gasteiger charge is 2.21. The average Bonchev–Trinajstić information content (AvgIpc) is 2.11. The number of nitrogens with one attached hydrogen (secondary N) is 1. The van der Waals surface area contributed by atoms with Crippen LogP contribution in [0.5, 0.6) is 0 Å². The second-order valence-electron chi connectivity index (χ2n) is 4.04. The molecule has 0 spiro atoms. The van der Waals surface area contributed by atoms with E-state index in [1.54, 1.807) is 0 Å². The Hall–Kier alpha value is -1.04. The van der Waals surface area contributed by atoms with Gasteiger partial charge in [0.15, 0.2) is 0 Å². The molecule has 3 heteroatoms. The summed E-state index contributed by atoms with van der Waals surface area (Å²) in [5, 5.41) is 11.4. The fraction of sp³-hybridized carbons (Fsp3) is 0.818. The fourth-order valence-corrected chi connectivity index (χ4v) is 1.65. The predicted molar refractivity (Wildman–Crippen MR) is 54.4 cm³/mol. The molecule has 1 unspecified atom stereocenters. The Bertz CT molecular complexity index is 228. The second kappa shape index (κ2) is 5.64. The molecule has 0 aromatic carbocycles. The highest BCUT2D eigenvalue weighted by atomic mass is 16.1. The lowest BCUT2D eigenvalue weighted by molar-refractivity contribution is -0.123. The molecule has 0 aromatic rings. The molecule has 1 rings (SSSR count). The lowest BCUT2D eigenvalue weighted by Crippen LogP contribution is -2.35. The SMILES string of the molecule is CCC(CC#N)NC(=O)CC1CCC1. The molecule has 0 heterocycles. The van der Waals surface area contributed by atoms with Gasteiger partial charge in [-0.05, 0) is 25.2 Å². The van der Waals surface area contributed by atoms with E-state index in [9.17, 15) is 4.79 Å². The zero-order valence-electron chi connectivity index (χ0n) is 8.75. The Morgan fingerprint density at radius 1 is 1.64 bits per heavy atom. The van der Waals surface area contributed by atoms with E-state index in [-0.39, 0.29) is 11.9 Å². The summed E-state index contributed by atoms with van der Waals surface area (Å²) in [6.07, 6.45) is 5.58. The van der Waals surface area contributed by atoms with Crippen molar-refractivity contribution in [2.75, 3.05) is 0 Å². The van der Waals surface area contributed by atoms with Gasteiger partial charge in [-0.15, -0.1) is 0 Å². The zero-order chi connectivity index (χ0) is 10.4. The maximum atomic E-state index is 11.5. The van der Waals surface area contributed by atoms with Crippen LogP contribution in [-0.2, 0) is 4.79 Å². The molecule has 1 aliphatic rings. The summed E-state index contributed by atoms with van der Waals surface area (Å²) in [6.45, 7) is 1.99. The molecule has 0 saturated heterocycles. The number of carbonyl (C=O) groups excluding carboxylic acids is 1. The van der Waals surface area contributed by atoms with Gasteiger partial charge in [-0.3, -0.25) is 4.79 Å². The summed E-state index contributed by atoms with van der Waals surface area (Å²) >= 11 is 0. The predicted octanol–water partition coefficient (Wildman–Crippen LogP) is 1.99. The van der Waals surface area contributed by atoms with Gasteiger partial charge in [-0.1, -0.05) is 13.3 Å². The monoisotopic (exact) mass is 194 g/mol. The Morgan fingerprint density at radius 2 is 2.36 bits per heavy atom. The maximum absolute atomic E-state index is 11.5. The molecule has 14 heavy (non-hydrogen) atoms. The highest BCUT2D eigenvalue weighted by Crippen LogP contribution is 2.29. The van der Waals surface area contributed by atoms with Crippen LogP contribution < -0.4 is 5.32 Å². The molecule has 3 nitrogen and oxygen atoms in total.